The van der Waals surface area contributed by atoms with Crippen LogP contribution < -0.4 is 0 Å². The summed E-state index contributed by atoms with van der Waals surface area (Å²) < 4.78 is 3.18. The van der Waals surface area contributed by atoms with Crippen molar-refractivity contribution in [3.8, 4) is 0 Å². The zero-order valence-corrected chi connectivity index (χ0v) is 13.9. The molecule has 0 radical (unpaired) electrons. The van der Waals surface area contributed by atoms with Crippen molar-refractivity contribution in [2.45, 2.75) is 33.3 Å². The molecule has 1 aromatic rings. The Bertz CT molecular complexity index is 658. The Balaban J connectivity index is 2.18. The lowest BCUT2D eigenvalue weighted by atomic mass is 9.69. The molecule has 0 saturated carbocycles. The molecule has 1 saturated heterocycles. The Morgan fingerprint density at radius 1 is 1.17 bits per heavy atom. The van der Waals surface area contributed by atoms with Gasteiger partial charge in [0, 0.05) is 11.8 Å². The van der Waals surface area contributed by atoms with Crippen LogP contribution in [-0.2, 0) is 10.3 Å². The van der Waals surface area contributed by atoms with Gasteiger partial charge in [0.25, 0.3) is 0 Å². The summed E-state index contributed by atoms with van der Waals surface area (Å²) in [5.74, 6) is 0. The van der Waals surface area contributed by atoms with E-state index in [9.17, 15) is 30.6 Å². The molecule has 8 nitrogen and oxygen atoms in total. The fraction of sp³-hybridized carbons (Fsp3) is 0.500. The minimum absolute atomic E-state index is 0.159. The van der Waals surface area contributed by atoms with E-state index in [4.69, 9.17) is 4.74 Å². The van der Waals surface area contributed by atoms with Crippen molar-refractivity contribution in [3.63, 3.8) is 0 Å². The second-order valence-corrected chi connectivity index (χ2v) is 7.49. The Hall–Kier alpha value is -0.660. The molecule has 2 heterocycles. The summed E-state index contributed by atoms with van der Waals surface area (Å²) in [5, 5.41) is 62.3. The van der Waals surface area contributed by atoms with E-state index < -0.39 is 39.9 Å². The normalized spacial score (nSPS) is 46.0. The van der Waals surface area contributed by atoms with Crippen LogP contribution in [0, 0.1) is 0 Å². The van der Waals surface area contributed by atoms with E-state index in [0.29, 0.717) is 5.69 Å². The molecule has 0 bridgehead atoms. The maximum Gasteiger partial charge on any atom is 0.185 e. The van der Waals surface area contributed by atoms with Gasteiger partial charge in [-0.2, -0.15) is 0 Å². The van der Waals surface area contributed by atoms with Crippen LogP contribution in [-0.4, -0.2) is 71.2 Å². The Labute approximate surface area is 144 Å². The largest absolute Gasteiger partial charge is 0.392 e. The highest BCUT2D eigenvalue weighted by Crippen LogP contribution is 2.51. The average Bonchev–Trinajstić information content (AvgIpc) is 2.90. The lowest BCUT2D eigenvalue weighted by Gasteiger charge is -2.54. The minimum atomic E-state index is -2.66. The second kappa shape index (κ2) is 5.43. The first-order valence-electron chi connectivity index (χ1n) is 6.82. The van der Waals surface area contributed by atoms with Crippen LogP contribution in [0.15, 0.2) is 29.3 Å². The molecule has 0 amide bonds. The van der Waals surface area contributed by atoms with Crippen molar-refractivity contribution in [2.75, 3.05) is 6.61 Å². The Morgan fingerprint density at radius 3 is 2.48 bits per heavy atom. The fourth-order valence-electron chi connectivity index (χ4n) is 3.06. The smallest absolute Gasteiger partial charge is 0.185 e. The number of nitrogens with zero attached hydrogens (tertiary/aromatic N) is 1. The molecule has 1 aromatic carbocycles. The van der Waals surface area contributed by atoms with Gasteiger partial charge in [-0.05, 0) is 28.7 Å². The molecule has 2 aliphatic heterocycles. The number of alkyl halides is 1. The van der Waals surface area contributed by atoms with Crippen molar-refractivity contribution in [2.24, 2.45) is 4.99 Å². The van der Waals surface area contributed by atoms with E-state index in [1.54, 1.807) is 18.2 Å². The van der Waals surface area contributed by atoms with Crippen LogP contribution in [0.1, 0.15) is 5.56 Å². The van der Waals surface area contributed by atoms with Crippen LogP contribution >= 0.6 is 22.6 Å². The van der Waals surface area contributed by atoms with Gasteiger partial charge in [0.05, 0.1) is 12.3 Å². The monoisotopic (exact) mass is 437 g/mol. The fourth-order valence-corrected chi connectivity index (χ4v) is 3.79. The topological polar surface area (TPSA) is 143 Å². The summed E-state index contributed by atoms with van der Waals surface area (Å²) in [5.41, 5.74) is -4.43. The zero-order valence-electron chi connectivity index (χ0n) is 11.7. The van der Waals surface area contributed by atoms with Crippen molar-refractivity contribution >= 4 is 34.5 Å². The predicted octanol–water partition coefficient (Wildman–Crippen LogP) is -1.48. The molecule has 1 fully saturated rings. The number of para-hydroxylation sites is 1. The van der Waals surface area contributed by atoms with Gasteiger partial charge in [-0.25, -0.2) is 0 Å². The zero-order chi connectivity index (χ0) is 17.0. The summed E-state index contributed by atoms with van der Waals surface area (Å²) >= 11 is 1.51. The molecule has 6 atom stereocenters. The van der Waals surface area contributed by atoms with E-state index in [0.717, 1.165) is 6.21 Å². The SMILES string of the molecule is OC[C@@]1(I)O[C@H](O)[C@@H](O)[C@](O)(C2(O)C=Nc3ccccc32)[C@@H]1O. The molecule has 0 spiro atoms. The average molecular weight is 437 g/mol. The molecular weight excluding hydrogens is 421 g/mol. The lowest BCUT2D eigenvalue weighted by Crippen LogP contribution is -2.77. The highest BCUT2D eigenvalue weighted by atomic mass is 127. The molecular formula is C14H16INO7. The summed E-state index contributed by atoms with van der Waals surface area (Å²) in [4.78, 5) is 4.00. The van der Waals surface area contributed by atoms with Crippen molar-refractivity contribution in [1.82, 2.24) is 0 Å². The standard InChI is InChI=1S/C14H16INO7/c15-13(6-17)11(20)14(22,9(18)10(19)23-13)12(21)5-16-8-4-2-1-3-7(8)12/h1-5,9-11,17-22H,6H2/t9-,10+,11-,12?,13-,14-/m1/s1. The third-order valence-electron chi connectivity index (χ3n) is 4.39. The van der Waals surface area contributed by atoms with Gasteiger partial charge in [-0.3, -0.25) is 4.99 Å². The number of ether oxygens (including phenoxy) is 1. The van der Waals surface area contributed by atoms with Crippen LogP contribution in [0.3, 0.4) is 0 Å². The molecule has 9 heteroatoms. The van der Waals surface area contributed by atoms with E-state index in [2.05, 4.69) is 4.99 Å². The van der Waals surface area contributed by atoms with Gasteiger partial charge in [0.15, 0.2) is 21.1 Å². The predicted molar refractivity (Wildman–Crippen MR) is 86.4 cm³/mol. The van der Waals surface area contributed by atoms with E-state index >= 15 is 0 Å². The molecule has 0 aliphatic carbocycles. The van der Waals surface area contributed by atoms with Crippen LogP contribution in [0.25, 0.3) is 0 Å². The minimum Gasteiger partial charge on any atom is -0.392 e. The molecule has 3 rings (SSSR count). The number of rotatable bonds is 2. The van der Waals surface area contributed by atoms with Gasteiger partial charge in [0.1, 0.15) is 12.2 Å². The first-order chi connectivity index (χ1) is 10.7. The van der Waals surface area contributed by atoms with Gasteiger partial charge in [-0.1, -0.05) is 18.2 Å². The maximum atomic E-state index is 11.1. The molecule has 126 valence electrons. The third kappa shape index (κ3) is 2.12. The highest BCUT2D eigenvalue weighted by Gasteiger charge is 2.70. The molecule has 6 N–H and O–H groups in total. The van der Waals surface area contributed by atoms with Crippen LogP contribution in [0.4, 0.5) is 5.69 Å². The first-order valence-corrected chi connectivity index (χ1v) is 7.90. The van der Waals surface area contributed by atoms with Crippen molar-refractivity contribution < 1.29 is 35.4 Å². The summed E-state index contributed by atoms with van der Waals surface area (Å²) in [6, 6.07) is 6.34. The first kappa shape index (κ1) is 17.2. The van der Waals surface area contributed by atoms with Crippen LogP contribution in [0.2, 0.25) is 0 Å². The number of halogens is 1. The van der Waals surface area contributed by atoms with Gasteiger partial charge in [-0.15, -0.1) is 0 Å². The Morgan fingerprint density at radius 2 is 1.83 bits per heavy atom. The number of benzene rings is 1. The molecule has 23 heavy (non-hydrogen) atoms. The number of aliphatic hydroxyl groups excluding tert-OH is 4. The Kier molecular flexibility index (Phi) is 4.05. The van der Waals surface area contributed by atoms with Crippen LogP contribution in [0.5, 0.6) is 0 Å². The summed E-state index contributed by atoms with van der Waals surface area (Å²) in [7, 11) is 0. The number of hydrogen-bond donors (Lipinski definition) is 6. The summed E-state index contributed by atoms with van der Waals surface area (Å²) in [6.07, 6.45) is -4.91. The van der Waals surface area contributed by atoms with E-state index in [1.165, 1.54) is 28.7 Å². The van der Waals surface area contributed by atoms with Gasteiger partial charge >= 0.3 is 0 Å². The lowest BCUT2D eigenvalue weighted by molar-refractivity contribution is -0.353. The van der Waals surface area contributed by atoms with Crippen molar-refractivity contribution in [3.05, 3.63) is 29.8 Å². The maximum absolute atomic E-state index is 11.1. The number of aliphatic imine (C=N–C) groups is 1. The second-order valence-electron chi connectivity index (χ2n) is 5.67. The van der Waals surface area contributed by atoms with Crippen molar-refractivity contribution in [1.29, 1.82) is 0 Å². The molecule has 1 unspecified atom stereocenters. The van der Waals surface area contributed by atoms with E-state index in [1.807, 2.05) is 0 Å². The van der Waals surface area contributed by atoms with E-state index in [-0.39, 0.29) is 5.56 Å². The highest BCUT2D eigenvalue weighted by molar-refractivity contribution is 14.1. The quantitative estimate of drug-likeness (QED) is 0.245. The van der Waals surface area contributed by atoms with Gasteiger partial charge < -0.3 is 35.4 Å². The number of hydrogen-bond acceptors (Lipinski definition) is 8. The molecule has 2 aliphatic rings. The van der Waals surface area contributed by atoms with Gasteiger partial charge in [0.2, 0.25) is 0 Å². The number of aliphatic hydroxyl groups is 6. The summed E-state index contributed by atoms with van der Waals surface area (Å²) in [6.45, 7) is -0.768. The molecule has 0 aromatic heterocycles. The third-order valence-corrected chi connectivity index (χ3v) is 5.58. The number of fused-ring (bicyclic) bond motifs is 1.